The third kappa shape index (κ3) is 3.77. The number of fused-ring (bicyclic) bond motifs is 1. The molecule has 1 heterocycles. The predicted octanol–water partition coefficient (Wildman–Crippen LogP) is 3.93. The van der Waals surface area contributed by atoms with E-state index < -0.39 is 11.9 Å². The second kappa shape index (κ2) is 7.86. The third-order valence-electron chi connectivity index (χ3n) is 4.41. The minimum atomic E-state index is -0.684. The lowest BCUT2D eigenvalue weighted by molar-refractivity contribution is -0.157. The molecule has 1 aromatic heterocycles. The van der Waals surface area contributed by atoms with Crippen LogP contribution >= 0.6 is 11.6 Å². The largest absolute Gasteiger partial charge is 0.497 e. The number of carbonyl (C=O) groups excluding carboxylic acids is 3. The van der Waals surface area contributed by atoms with Crippen molar-refractivity contribution in [2.24, 2.45) is 0 Å². The number of rotatable bonds is 4. The Labute approximate surface area is 166 Å². The van der Waals surface area contributed by atoms with Gasteiger partial charge in [-0.2, -0.15) is 0 Å². The topological polar surface area (TPSA) is 74.6 Å². The van der Waals surface area contributed by atoms with E-state index in [4.69, 9.17) is 16.3 Å². The highest BCUT2D eigenvalue weighted by Gasteiger charge is 2.22. The Morgan fingerprint density at radius 1 is 1.07 bits per heavy atom. The lowest BCUT2D eigenvalue weighted by atomic mass is 10.1. The summed E-state index contributed by atoms with van der Waals surface area (Å²) in [5, 5.41) is 1.21. The van der Waals surface area contributed by atoms with Gasteiger partial charge in [-0.25, -0.2) is 0 Å². The number of nitrogens with zero attached hydrogens (tertiary/aromatic N) is 1. The van der Waals surface area contributed by atoms with Crippen molar-refractivity contribution in [1.29, 1.82) is 0 Å². The quantitative estimate of drug-likeness (QED) is 0.490. The molecule has 0 aliphatic rings. The average Bonchev–Trinajstić information content (AvgIpc) is 2.92. The summed E-state index contributed by atoms with van der Waals surface area (Å²) in [7, 11) is 1.54. The fraction of sp³-hybridized carbons (Fsp3) is 0.190. The van der Waals surface area contributed by atoms with Gasteiger partial charge < -0.3 is 9.47 Å². The molecule has 28 heavy (non-hydrogen) atoms. The number of halogens is 1. The zero-order valence-corrected chi connectivity index (χ0v) is 16.4. The van der Waals surface area contributed by atoms with Crippen LogP contribution in [0.25, 0.3) is 10.9 Å². The summed E-state index contributed by atoms with van der Waals surface area (Å²) in [5.74, 6) is -1.03. The van der Waals surface area contributed by atoms with E-state index in [-0.39, 0.29) is 12.3 Å². The van der Waals surface area contributed by atoms with Crippen LogP contribution in [0.2, 0.25) is 5.02 Å². The van der Waals surface area contributed by atoms with Gasteiger partial charge in [0.15, 0.2) is 0 Å². The molecule has 0 saturated carbocycles. The number of esters is 2. The molecule has 0 radical (unpaired) electrons. The summed E-state index contributed by atoms with van der Waals surface area (Å²) in [4.78, 5) is 36.3. The molecule has 3 rings (SSSR count). The molecule has 0 spiro atoms. The first kappa shape index (κ1) is 19.6. The van der Waals surface area contributed by atoms with Gasteiger partial charge in [0.1, 0.15) is 5.75 Å². The van der Waals surface area contributed by atoms with Crippen LogP contribution in [-0.4, -0.2) is 29.5 Å². The number of hydrogen-bond donors (Lipinski definition) is 0. The molecule has 0 N–H and O–H groups in total. The standard InChI is InChI=1S/C21H18ClNO5/c1-12-17(11-20(25)28-13(2)24)18-10-16(27-3)8-9-19(18)23(12)21(26)14-4-6-15(22)7-5-14/h4-10H,11H2,1-3H3. The number of carbonyl (C=O) groups is 3. The zero-order valence-electron chi connectivity index (χ0n) is 15.6. The summed E-state index contributed by atoms with van der Waals surface area (Å²) in [6.07, 6.45) is -0.143. The average molecular weight is 400 g/mol. The molecule has 0 saturated heterocycles. The number of methoxy groups -OCH3 is 1. The molecule has 0 fully saturated rings. The van der Waals surface area contributed by atoms with Crippen LogP contribution in [0.3, 0.4) is 0 Å². The van der Waals surface area contributed by atoms with Gasteiger partial charge in [0, 0.05) is 28.6 Å². The van der Waals surface area contributed by atoms with Crippen LogP contribution in [0.5, 0.6) is 5.75 Å². The van der Waals surface area contributed by atoms with E-state index in [9.17, 15) is 14.4 Å². The van der Waals surface area contributed by atoms with Crippen molar-refractivity contribution in [2.75, 3.05) is 7.11 Å². The third-order valence-corrected chi connectivity index (χ3v) is 4.67. The summed E-state index contributed by atoms with van der Waals surface area (Å²) in [5.41, 5.74) is 2.27. The lowest BCUT2D eigenvalue weighted by Gasteiger charge is -2.08. The molecule has 0 unspecified atom stereocenters. The molecule has 0 aliphatic carbocycles. The van der Waals surface area contributed by atoms with E-state index in [1.54, 1.807) is 49.4 Å². The molecule has 7 heteroatoms. The Balaban J connectivity index is 2.16. The Morgan fingerprint density at radius 2 is 1.75 bits per heavy atom. The monoisotopic (exact) mass is 399 g/mol. The van der Waals surface area contributed by atoms with Gasteiger partial charge in [0.2, 0.25) is 0 Å². The van der Waals surface area contributed by atoms with Gasteiger partial charge in [-0.1, -0.05) is 11.6 Å². The first-order valence-electron chi connectivity index (χ1n) is 8.51. The normalized spacial score (nSPS) is 10.7. The highest BCUT2D eigenvalue weighted by molar-refractivity contribution is 6.30. The molecule has 144 valence electrons. The molecule has 0 atom stereocenters. The van der Waals surface area contributed by atoms with Gasteiger partial charge in [0.05, 0.1) is 19.0 Å². The smallest absolute Gasteiger partial charge is 0.317 e. The van der Waals surface area contributed by atoms with E-state index in [0.717, 1.165) is 0 Å². The van der Waals surface area contributed by atoms with Crippen molar-refractivity contribution in [3.05, 3.63) is 64.3 Å². The van der Waals surface area contributed by atoms with Crippen molar-refractivity contribution in [1.82, 2.24) is 4.57 Å². The molecule has 2 aromatic carbocycles. The maximum atomic E-state index is 13.1. The van der Waals surface area contributed by atoms with Crippen molar-refractivity contribution in [3.63, 3.8) is 0 Å². The van der Waals surface area contributed by atoms with E-state index >= 15 is 0 Å². The molecule has 0 aliphatic heterocycles. The number of ether oxygens (including phenoxy) is 2. The predicted molar refractivity (Wildman–Crippen MR) is 105 cm³/mol. The first-order valence-corrected chi connectivity index (χ1v) is 8.89. The van der Waals surface area contributed by atoms with Gasteiger partial charge in [-0.15, -0.1) is 0 Å². The maximum absolute atomic E-state index is 13.1. The zero-order chi connectivity index (χ0) is 20.4. The van der Waals surface area contributed by atoms with Gasteiger partial charge in [-0.05, 0) is 55.0 Å². The summed E-state index contributed by atoms with van der Waals surface area (Å²) in [6, 6.07) is 11.8. The fourth-order valence-electron chi connectivity index (χ4n) is 3.14. The number of aromatic nitrogens is 1. The molecule has 6 nitrogen and oxygen atoms in total. The second-order valence-electron chi connectivity index (χ2n) is 6.24. The van der Waals surface area contributed by atoms with Crippen LogP contribution in [0.4, 0.5) is 0 Å². The van der Waals surface area contributed by atoms with Crippen LogP contribution in [0, 0.1) is 6.92 Å². The van der Waals surface area contributed by atoms with Crippen molar-refractivity contribution >= 4 is 40.3 Å². The van der Waals surface area contributed by atoms with E-state index in [1.165, 1.54) is 18.6 Å². The van der Waals surface area contributed by atoms with E-state index in [2.05, 4.69) is 4.74 Å². The molecule has 0 amide bonds. The Hall–Kier alpha value is -3.12. The van der Waals surface area contributed by atoms with Crippen LogP contribution in [0.15, 0.2) is 42.5 Å². The molecule has 3 aromatic rings. The minimum Gasteiger partial charge on any atom is -0.497 e. The summed E-state index contributed by atoms with van der Waals surface area (Å²) < 4.78 is 11.5. The van der Waals surface area contributed by atoms with Gasteiger partial charge in [0.25, 0.3) is 5.91 Å². The fourth-order valence-corrected chi connectivity index (χ4v) is 3.26. The summed E-state index contributed by atoms with van der Waals surface area (Å²) >= 11 is 5.91. The first-order chi connectivity index (χ1) is 13.3. The van der Waals surface area contributed by atoms with Crippen molar-refractivity contribution in [2.45, 2.75) is 20.3 Å². The Kier molecular flexibility index (Phi) is 5.51. The lowest BCUT2D eigenvalue weighted by Crippen LogP contribution is -2.15. The van der Waals surface area contributed by atoms with Crippen LogP contribution in [-0.2, 0) is 20.7 Å². The van der Waals surface area contributed by atoms with Crippen LogP contribution in [0.1, 0.15) is 28.5 Å². The van der Waals surface area contributed by atoms with E-state index in [0.29, 0.717) is 38.5 Å². The van der Waals surface area contributed by atoms with Crippen molar-refractivity contribution < 1.29 is 23.9 Å². The van der Waals surface area contributed by atoms with E-state index in [1.807, 2.05) is 0 Å². The minimum absolute atomic E-state index is 0.143. The highest BCUT2D eigenvalue weighted by Crippen LogP contribution is 2.31. The SMILES string of the molecule is COc1ccc2c(c1)c(CC(=O)OC(C)=O)c(C)n2C(=O)c1ccc(Cl)cc1. The molecular weight excluding hydrogens is 382 g/mol. The number of hydrogen-bond acceptors (Lipinski definition) is 5. The summed E-state index contributed by atoms with van der Waals surface area (Å²) in [6.45, 7) is 2.91. The Morgan fingerprint density at radius 3 is 2.36 bits per heavy atom. The molecular formula is C21H18ClNO5. The highest BCUT2D eigenvalue weighted by atomic mass is 35.5. The maximum Gasteiger partial charge on any atom is 0.317 e. The Bertz CT molecular complexity index is 1080. The second-order valence-corrected chi connectivity index (χ2v) is 6.67. The van der Waals surface area contributed by atoms with Crippen molar-refractivity contribution in [3.8, 4) is 5.75 Å². The van der Waals surface area contributed by atoms with Gasteiger partial charge in [-0.3, -0.25) is 19.0 Å². The number of benzene rings is 2. The molecule has 0 bridgehead atoms. The van der Waals surface area contributed by atoms with Gasteiger partial charge >= 0.3 is 11.9 Å². The van der Waals surface area contributed by atoms with Crippen LogP contribution < -0.4 is 4.74 Å².